The second-order valence-electron chi connectivity index (χ2n) is 6.05. The summed E-state index contributed by atoms with van der Waals surface area (Å²) in [6, 6.07) is 13.6. The molecule has 0 saturated carbocycles. The number of phenolic OH excluding ortho intramolecular Hbond substituents is 1. The zero-order valence-electron chi connectivity index (χ0n) is 13.4. The Morgan fingerprint density at radius 1 is 1.04 bits per heavy atom. The van der Waals surface area contributed by atoms with Crippen LogP contribution in [0.3, 0.4) is 0 Å². The van der Waals surface area contributed by atoms with Crippen LogP contribution < -0.4 is 0 Å². The molecule has 1 heterocycles. The summed E-state index contributed by atoms with van der Waals surface area (Å²) in [5.74, 6) is 0.311. The Labute approximate surface area is 136 Å². The van der Waals surface area contributed by atoms with Gasteiger partial charge < -0.3 is 14.9 Å². The van der Waals surface area contributed by atoms with Gasteiger partial charge in [0.1, 0.15) is 5.75 Å². The zero-order chi connectivity index (χ0) is 16.2. The number of hydrogen-bond acceptors (Lipinski definition) is 4. The minimum Gasteiger partial charge on any atom is -0.508 e. The van der Waals surface area contributed by atoms with Crippen LogP contribution in [0.4, 0.5) is 0 Å². The highest BCUT2D eigenvalue weighted by atomic mass is 16.5. The molecule has 0 radical (unpaired) electrons. The first-order chi connectivity index (χ1) is 11.1. The molecule has 0 unspecified atom stereocenters. The molecule has 0 spiro atoms. The average molecular weight is 313 g/mol. The molecule has 0 aliphatic carbocycles. The third kappa shape index (κ3) is 3.91. The third-order valence-electron chi connectivity index (χ3n) is 4.36. The van der Waals surface area contributed by atoms with E-state index in [-0.39, 0.29) is 0 Å². The number of aliphatic hydroxyl groups excluding tert-OH is 1. The molecular weight excluding hydrogens is 290 g/mol. The van der Waals surface area contributed by atoms with E-state index in [1.807, 2.05) is 43.3 Å². The number of aromatic hydroxyl groups is 1. The zero-order valence-corrected chi connectivity index (χ0v) is 13.4. The first-order valence-corrected chi connectivity index (χ1v) is 8.01. The number of phenols is 1. The van der Waals surface area contributed by atoms with Gasteiger partial charge in [-0.2, -0.15) is 0 Å². The Morgan fingerprint density at radius 2 is 1.70 bits per heavy atom. The molecule has 2 aromatic carbocycles. The summed E-state index contributed by atoms with van der Waals surface area (Å²) in [6.07, 6.45) is -0.483. The van der Waals surface area contributed by atoms with Crippen LogP contribution in [0.5, 0.6) is 5.75 Å². The van der Waals surface area contributed by atoms with Crippen LogP contribution in [0, 0.1) is 6.92 Å². The molecule has 1 saturated heterocycles. The normalized spacial score (nSPS) is 17.1. The summed E-state index contributed by atoms with van der Waals surface area (Å²) in [4.78, 5) is 2.23. The van der Waals surface area contributed by atoms with Gasteiger partial charge in [0.15, 0.2) is 0 Å². The third-order valence-corrected chi connectivity index (χ3v) is 4.36. The average Bonchev–Trinajstić information content (AvgIpc) is 2.58. The van der Waals surface area contributed by atoms with Crippen molar-refractivity contribution in [3.05, 3.63) is 53.6 Å². The van der Waals surface area contributed by atoms with Crippen LogP contribution >= 0.6 is 0 Å². The van der Waals surface area contributed by atoms with Gasteiger partial charge >= 0.3 is 0 Å². The quantitative estimate of drug-likeness (QED) is 0.911. The van der Waals surface area contributed by atoms with E-state index in [9.17, 15) is 10.2 Å². The lowest BCUT2D eigenvalue weighted by Gasteiger charge is -2.28. The largest absolute Gasteiger partial charge is 0.508 e. The number of rotatable bonds is 4. The fourth-order valence-electron chi connectivity index (χ4n) is 2.87. The number of nitrogens with zero attached hydrogens (tertiary/aromatic N) is 1. The SMILES string of the molecule is Cc1cc(-c2ccc([C@H](O)CN3CCOCC3)cc2)ccc1O. The molecule has 2 aromatic rings. The fraction of sp³-hybridized carbons (Fsp3) is 0.368. The van der Waals surface area contributed by atoms with Gasteiger partial charge in [0.25, 0.3) is 0 Å². The van der Waals surface area contributed by atoms with Gasteiger partial charge in [-0.25, -0.2) is 0 Å². The number of benzene rings is 2. The number of morpholine rings is 1. The van der Waals surface area contributed by atoms with Gasteiger partial charge in [0.05, 0.1) is 19.3 Å². The van der Waals surface area contributed by atoms with E-state index < -0.39 is 6.10 Å². The molecule has 1 aliphatic heterocycles. The summed E-state index contributed by atoms with van der Waals surface area (Å²) in [7, 11) is 0. The standard InChI is InChI=1S/C19H23NO3/c1-14-12-17(6-7-18(14)21)15-2-4-16(5-3-15)19(22)13-20-8-10-23-11-9-20/h2-7,12,19,21-22H,8-11,13H2,1H3/t19-/m1/s1. The molecule has 0 bridgehead atoms. The van der Waals surface area contributed by atoms with Crippen LogP contribution in [-0.2, 0) is 4.74 Å². The van der Waals surface area contributed by atoms with Crippen LogP contribution in [0.1, 0.15) is 17.2 Å². The molecule has 122 valence electrons. The van der Waals surface area contributed by atoms with Crippen molar-refractivity contribution < 1.29 is 14.9 Å². The van der Waals surface area contributed by atoms with E-state index in [0.717, 1.165) is 48.6 Å². The van der Waals surface area contributed by atoms with Crippen molar-refractivity contribution >= 4 is 0 Å². The Kier molecular flexibility index (Phi) is 4.96. The van der Waals surface area contributed by atoms with E-state index in [4.69, 9.17) is 4.74 Å². The Morgan fingerprint density at radius 3 is 2.35 bits per heavy atom. The lowest BCUT2D eigenvalue weighted by molar-refractivity contribution is 0.0143. The van der Waals surface area contributed by atoms with E-state index in [1.165, 1.54) is 0 Å². The highest BCUT2D eigenvalue weighted by molar-refractivity contribution is 5.65. The van der Waals surface area contributed by atoms with Crippen LogP contribution in [0.2, 0.25) is 0 Å². The number of hydrogen-bond donors (Lipinski definition) is 2. The molecule has 0 amide bonds. The van der Waals surface area contributed by atoms with E-state index >= 15 is 0 Å². The maximum atomic E-state index is 10.4. The molecule has 0 aromatic heterocycles. The molecule has 1 atom stereocenters. The molecule has 1 aliphatic rings. The number of aliphatic hydroxyl groups is 1. The summed E-state index contributed by atoms with van der Waals surface area (Å²) >= 11 is 0. The van der Waals surface area contributed by atoms with E-state index in [2.05, 4.69) is 4.90 Å². The number of ether oxygens (including phenoxy) is 1. The highest BCUT2D eigenvalue weighted by Crippen LogP contribution is 2.26. The molecule has 23 heavy (non-hydrogen) atoms. The maximum absolute atomic E-state index is 10.4. The minimum absolute atomic E-state index is 0.311. The van der Waals surface area contributed by atoms with Gasteiger partial charge in [-0.15, -0.1) is 0 Å². The van der Waals surface area contributed by atoms with Crippen LogP contribution in [0.15, 0.2) is 42.5 Å². The monoisotopic (exact) mass is 313 g/mol. The second-order valence-corrected chi connectivity index (χ2v) is 6.05. The first kappa shape index (κ1) is 16.0. The predicted octanol–water partition coefficient (Wildman–Crippen LogP) is 2.73. The van der Waals surface area contributed by atoms with Crippen molar-refractivity contribution in [3.63, 3.8) is 0 Å². The molecule has 4 heteroatoms. The Bertz CT molecular complexity index is 648. The molecule has 3 rings (SSSR count). The predicted molar refractivity (Wildman–Crippen MR) is 90.5 cm³/mol. The molecule has 2 N–H and O–H groups in total. The van der Waals surface area contributed by atoms with Gasteiger partial charge in [-0.3, -0.25) is 4.90 Å². The van der Waals surface area contributed by atoms with E-state index in [1.54, 1.807) is 6.07 Å². The van der Waals surface area contributed by atoms with Crippen molar-refractivity contribution in [2.75, 3.05) is 32.8 Å². The Hall–Kier alpha value is -1.88. The summed E-state index contributed by atoms with van der Waals surface area (Å²) in [5.41, 5.74) is 3.93. The van der Waals surface area contributed by atoms with E-state index in [0.29, 0.717) is 12.3 Å². The maximum Gasteiger partial charge on any atom is 0.118 e. The summed E-state index contributed by atoms with van der Waals surface area (Å²) < 4.78 is 5.33. The first-order valence-electron chi connectivity index (χ1n) is 8.01. The van der Waals surface area contributed by atoms with Crippen molar-refractivity contribution in [2.45, 2.75) is 13.0 Å². The van der Waals surface area contributed by atoms with Crippen molar-refractivity contribution in [1.82, 2.24) is 4.90 Å². The lowest BCUT2D eigenvalue weighted by atomic mass is 10.00. The van der Waals surface area contributed by atoms with Crippen LogP contribution in [0.25, 0.3) is 11.1 Å². The minimum atomic E-state index is -0.483. The number of aryl methyl sites for hydroxylation is 1. The topological polar surface area (TPSA) is 52.9 Å². The summed E-state index contributed by atoms with van der Waals surface area (Å²) in [6.45, 7) is 5.77. The van der Waals surface area contributed by atoms with Gasteiger partial charge in [-0.1, -0.05) is 30.3 Å². The number of β-amino-alcohol motifs (C(OH)–C–C–N with tert-alkyl or cyclic N) is 1. The fourth-order valence-corrected chi connectivity index (χ4v) is 2.87. The second kappa shape index (κ2) is 7.13. The lowest BCUT2D eigenvalue weighted by Crippen LogP contribution is -2.38. The van der Waals surface area contributed by atoms with Gasteiger partial charge in [0.2, 0.25) is 0 Å². The van der Waals surface area contributed by atoms with Gasteiger partial charge in [-0.05, 0) is 41.3 Å². The van der Waals surface area contributed by atoms with Crippen molar-refractivity contribution in [2.24, 2.45) is 0 Å². The highest BCUT2D eigenvalue weighted by Gasteiger charge is 2.16. The van der Waals surface area contributed by atoms with Gasteiger partial charge in [0, 0.05) is 19.6 Å². The van der Waals surface area contributed by atoms with Crippen molar-refractivity contribution in [1.29, 1.82) is 0 Å². The van der Waals surface area contributed by atoms with Crippen LogP contribution in [-0.4, -0.2) is 48.0 Å². The molecule has 1 fully saturated rings. The summed E-state index contributed by atoms with van der Waals surface area (Å²) in [5, 5.41) is 20.0. The molecular formula is C19H23NO3. The Balaban J connectivity index is 1.69. The smallest absolute Gasteiger partial charge is 0.118 e. The molecule has 4 nitrogen and oxygen atoms in total. The van der Waals surface area contributed by atoms with Crippen molar-refractivity contribution in [3.8, 4) is 16.9 Å².